The minimum atomic E-state index is -3.99. The third-order valence-electron chi connectivity index (χ3n) is 3.28. The van der Waals surface area contributed by atoms with Gasteiger partial charge < -0.3 is 5.32 Å². The summed E-state index contributed by atoms with van der Waals surface area (Å²) in [6.45, 7) is 1.61. The topological polar surface area (TPSA) is 88.2 Å². The number of aromatic nitrogens is 1. The number of rotatable bonds is 7. The van der Waals surface area contributed by atoms with Crippen LogP contribution in [0.5, 0.6) is 0 Å². The maximum Gasteiger partial charge on any atom is 0.233 e. The van der Waals surface area contributed by atoms with Crippen LogP contribution in [0, 0.1) is 17.6 Å². The van der Waals surface area contributed by atoms with Gasteiger partial charge in [-0.05, 0) is 24.3 Å². The van der Waals surface area contributed by atoms with Crippen molar-refractivity contribution in [1.82, 2.24) is 10.3 Å². The second-order valence-electron chi connectivity index (χ2n) is 5.45. The molecule has 25 heavy (non-hydrogen) atoms. The highest BCUT2D eigenvalue weighted by Crippen LogP contribution is 2.17. The highest BCUT2D eigenvalue weighted by Gasteiger charge is 2.22. The average Bonchev–Trinajstić information content (AvgIpc) is 2.55. The van der Waals surface area contributed by atoms with Gasteiger partial charge in [-0.1, -0.05) is 13.0 Å². The number of anilines is 1. The lowest BCUT2D eigenvalue weighted by Gasteiger charge is -2.14. The average molecular weight is 369 g/mol. The Balaban J connectivity index is 1.93. The van der Waals surface area contributed by atoms with E-state index in [1.165, 1.54) is 6.92 Å². The predicted octanol–water partition coefficient (Wildman–Crippen LogP) is 2.05. The first-order chi connectivity index (χ1) is 11.8. The number of pyridine rings is 1. The Morgan fingerprint density at radius 1 is 1.24 bits per heavy atom. The first-order valence-corrected chi connectivity index (χ1v) is 9.05. The molecule has 0 fully saturated rings. The molecule has 1 aromatic carbocycles. The molecule has 0 radical (unpaired) electrons. The van der Waals surface area contributed by atoms with Crippen LogP contribution < -0.4 is 10.0 Å². The van der Waals surface area contributed by atoms with Crippen LogP contribution in [0.1, 0.15) is 12.6 Å². The van der Waals surface area contributed by atoms with E-state index in [0.29, 0.717) is 11.8 Å². The molecular weight excluding hydrogens is 352 g/mol. The first kappa shape index (κ1) is 18.8. The number of nitrogens with one attached hydrogen (secondary N) is 2. The van der Waals surface area contributed by atoms with E-state index in [9.17, 15) is 22.0 Å². The van der Waals surface area contributed by atoms with E-state index in [1.807, 2.05) is 4.72 Å². The molecule has 0 aliphatic rings. The zero-order valence-corrected chi connectivity index (χ0v) is 14.2. The van der Waals surface area contributed by atoms with Gasteiger partial charge in [-0.15, -0.1) is 0 Å². The van der Waals surface area contributed by atoms with Crippen LogP contribution in [-0.2, 0) is 21.4 Å². The molecule has 1 heterocycles. The van der Waals surface area contributed by atoms with Gasteiger partial charge >= 0.3 is 0 Å². The molecule has 2 N–H and O–H groups in total. The van der Waals surface area contributed by atoms with Crippen LogP contribution in [0.25, 0.3) is 0 Å². The van der Waals surface area contributed by atoms with Gasteiger partial charge in [0.1, 0.15) is 11.6 Å². The van der Waals surface area contributed by atoms with E-state index in [-0.39, 0.29) is 12.2 Å². The van der Waals surface area contributed by atoms with E-state index < -0.39 is 39.2 Å². The Bertz CT molecular complexity index is 845. The van der Waals surface area contributed by atoms with Crippen LogP contribution in [0.4, 0.5) is 14.5 Å². The van der Waals surface area contributed by atoms with Crippen molar-refractivity contribution in [1.29, 1.82) is 0 Å². The summed E-state index contributed by atoms with van der Waals surface area (Å²) in [5.41, 5.74) is 0.264. The maximum atomic E-state index is 13.5. The number of nitrogens with zero attached hydrogens (tertiary/aromatic N) is 1. The Hall–Kier alpha value is -2.55. The van der Waals surface area contributed by atoms with E-state index in [4.69, 9.17) is 0 Å². The normalized spacial score (nSPS) is 12.4. The summed E-state index contributed by atoms with van der Waals surface area (Å²) in [6, 6.07) is 7.71. The maximum absolute atomic E-state index is 13.5. The molecule has 9 heteroatoms. The standard InChI is InChI=1S/C16H17F2N3O3S/c1-11(16(22)20-9-13-4-2-3-7-19-13)10-25(23,24)21-15-6-5-12(17)8-14(15)18/h2-8,11,21H,9-10H2,1H3,(H,20,22). The smallest absolute Gasteiger partial charge is 0.233 e. The van der Waals surface area contributed by atoms with Crippen molar-refractivity contribution in [2.75, 3.05) is 10.5 Å². The lowest BCUT2D eigenvalue weighted by atomic mass is 10.2. The van der Waals surface area contributed by atoms with Crippen molar-refractivity contribution in [2.24, 2.45) is 5.92 Å². The molecule has 0 aliphatic carbocycles. The quantitative estimate of drug-likeness (QED) is 0.782. The number of halogens is 2. The molecule has 0 bridgehead atoms. The minimum Gasteiger partial charge on any atom is -0.350 e. The molecule has 1 atom stereocenters. The summed E-state index contributed by atoms with van der Waals surface area (Å²) in [6.07, 6.45) is 1.58. The fourth-order valence-electron chi connectivity index (χ4n) is 2.04. The molecule has 0 aliphatic heterocycles. The van der Waals surface area contributed by atoms with Gasteiger partial charge in [-0.2, -0.15) is 0 Å². The zero-order chi connectivity index (χ0) is 18.4. The molecule has 134 valence electrons. The summed E-state index contributed by atoms with van der Waals surface area (Å²) in [5.74, 6) is -3.74. The lowest BCUT2D eigenvalue weighted by Crippen LogP contribution is -2.34. The molecule has 1 aromatic heterocycles. The number of hydrogen-bond acceptors (Lipinski definition) is 4. The van der Waals surface area contributed by atoms with Gasteiger partial charge in [-0.3, -0.25) is 14.5 Å². The second-order valence-corrected chi connectivity index (χ2v) is 7.21. The Morgan fingerprint density at radius 2 is 2.00 bits per heavy atom. The van der Waals surface area contributed by atoms with Crippen molar-refractivity contribution in [3.63, 3.8) is 0 Å². The van der Waals surface area contributed by atoms with Crippen molar-refractivity contribution < 1.29 is 22.0 Å². The molecule has 1 unspecified atom stereocenters. The molecule has 2 rings (SSSR count). The number of carbonyl (C=O) groups is 1. The van der Waals surface area contributed by atoms with Crippen molar-refractivity contribution >= 4 is 21.6 Å². The first-order valence-electron chi connectivity index (χ1n) is 7.40. The second kappa shape index (κ2) is 8.02. The van der Waals surface area contributed by atoms with Gasteiger partial charge in [0.25, 0.3) is 0 Å². The highest BCUT2D eigenvalue weighted by atomic mass is 32.2. The Labute approximate surface area is 144 Å². The molecular formula is C16H17F2N3O3S. The third kappa shape index (κ3) is 5.79. The van der Waals surface area contributed by atoms with Gasteiger partial charge in [0.15, 0.2) is 0 Å². The monoisotopic (exact) mass is 369 g/mol. The summed E-state index contributed by atoms with van der Waals surface area (Å²) in [5, 5.41) is 2.59. The van der Waals surface area contributed by atoms with Crippen LogP contribution in [-0.4, -0.2) is 25.1 Å². The fourth-order valence-corrected chi connectivity index (χ4v) is 3.43. The van der Waals surface area contributed by atoms with E-state index in [1.54, 1.807) is 24.4 Å². The Morgan fingerprint density at radius 3 is 2.64 bits per heavy atom. The van der Waals surface area contributed by atoms with Crippen LogP contribution in [0.2, 0.25) is 0 Å². The van der Waals surface area contributed by atoms with Crippen molar-refractivity contribution in [3.05, 3.63) is 59.9 Å². The van der Waals surface area contributed by atoms with Gasteiger partial charge in [0, 0.05) is 12.3 Å². The fraction of sp³-hybridized carbons (Fsp3) is 0.250. The number of hydrogen-bond donors (Lipinski definition) is 2. The van der Waals surface area contributed by atoms with Crippen LogP contribution >= 0.6 is 0 Å². The van der Waals surface area contributed by atoms with Crippen molar-refractivity contribution in [3.8, 4) is 0 Å². The number of benzene rings is 1. The number of sulfonamides is 1. The minimum absolute atomic E-state index is 0.171. The van der Waals surface area contributed by atoms with Crippen LogP contribution in [0.3, 0.4) is 0 Å². The third-order valence-corrected chi connectivity index (χ3v) is 4.75. The van der Waals surface area contributed by atoms with Crippen molar-refractivity contribution in [2.45, 2.75) is 13.5 Å². The largest absolute Gasteiger partial charge is 0.350 e. The van der Waals surface area contributed by atoms with Gasteiger partial charge in [0.2, 0.25) is 15.9 Å². The van der Waals surface area contributed by atoms with Gasteiger partial charge in [0.05, 0.1) is 29.6 Å². The summed E-state index contributed by atoms with van der Waals surface area (Å²) in [4.78, 5) is 16.0. The molecule has 2 aromatic rings. The molecule has 1 amide bonds. The molecule has 0 saturated heterocycles. The predicted molar refractivity (Wildman–Crippen MR) is 89.0 cm³/mol. The molecule has 0 spiro atoms. The zero-order valence-electron chi connectivity index (χ0n) is 13.4. The number of amides is 1. The summed E-state index contributed by atoms with van der Waals surface area (Å²) in [7, 11) is -3.99. The highest BCUT2D eigenvalue weighted by molar-refractivity contribution is 7.92. The van der Waals surface area contributed by atoms with E-state index in [2.05, 4.69) is 10.3 Å². The molecule has 6 nitrogen and oxygen atoms in total. The Kier molecular flexibility index (Phi) is 6.02. The van der Waals surface area contributed by atoms with E-state index >= 15 is 0 Å². The SMILES string of the molecule is CC(CS(=O)(=O)Nc1ccc(F)cc1F)C(=O)NCc1ccccn1. The lowest BCUT2D eigenvalue weighted by molar-refractivity contribution is -0.124. The van der Waals surface area contributed by atoms with E-state index in [0.717, 1.165) is 12.1 Å². The van der Waals surface area contributed by atoms with Crippen LogP contribution in [0.15, 0.2) is 42.6 Å². The van der Waals surface area contributed by atoms with Gasteiger partial charge in [-0.25, -0.2) is 17.2 Å². The summed E-state index contributed by atoms with van der Waals surface area (Å²) < 4.78 is 52.5. The molecule has 0 saturated carbocycles. The number of carbonyl (C=O) groups excluding carboxylic acids is 1. The summed E-state index contributed by atoms with van der Waals surface area (Å²) >= 11 is 0.